The maximum atomic E-state index is 14.7. The normalized spacial score (nSPS) is 20.8. The molecule has 6 nitrogen and oxygen atoms in total. The van der Waals surface area contributed by atoms with Crippen molar-refractivity contribution in [2.45, 2.75) is 44.8 Å². The average molecular weight is 399 g/mol. The van der Waals surface area contributed by atoms with E-state index >= 15 is 0 Å². The second kappa shape index (κ2) is 6.69. The Morgan fingerprint density at radius 3 is 2.76 bits per heavy atom. The van der Waals surface area contributed by atoms with E-state index in [0.29, 0.717) is 18.2 Å². The number of hydrogen-bond acceptors (Lipinski definition) is 4. The summed E-state index contributed by atoms with van der Waals surface area (Å²) in [6.45, 7) is 2.59. The maximum absolute atomic E-state index is 14.7. The number of alkyl halides is 2. The molecular weight excluding hydrogens is 380 g/mol. The molecule has 1 saturated carbocycles. The van der Waals surface area contributed by atoms with Gasteiger partial charge < -0.3 is 4.74 Å². The molecular formula is C21H19F2N3O3. The summed E-state index contributed by atoms with van der Waals surface area (Å²) < 4.78 is 35.8. The number of anilines is 1. The quantitative estimate of drug-likeness (QED) is 0.803. The van der Waals surface area contributed by atoms with Gasteiger partial charge in [-0.05, 0) is 37.3 Å². The third kappa shape index (κ3) is 3.60. The van der Waals surface area contributed by atoms with Gasteiger partial charge in [-0.3, -0.25) is 14.7 Å². The van der Waals surface area contributed by atoms with Crippen molar-refractivity contribution < 1.29 is 18.3 Å². The predicted octanol–water partition coefficient (Wildman–Crippen LogP) is 3.43. The smallest absolute Gasteiger partial charge is 0.413 e. The van der Waals surface area contributed by atoms with Crippen LogP contribution in [-0.2, 0) is 16.9 Å². The second-order valence-corrected chi connectivity index (χ2v) is 7.50. The van der Waals surface area contributed by atoms with Crippen LogP contribution in [0.15, 0.2) is 35.4 Å². The molecule has 2 aromatic rings. The number of nitrogens with one attached hydrogen (secondary N) is 1. The second-order valence-electron chi connectivity index (χ2n) is 7.50. The van der Waals surface area contributed by atoms with Gasteiger partial charge >= 0.3 is 6.09 Å². The number of benzene rings is 1. The van der Waals surface area contributed by atoms with E-state index in [-0.39, 0.29) is 29.3 Å². The number of hydrogen-bond donors (Lipinski definition) is 1. The van der Waals surface area contributed by atoms with Crippen LogP contribution in [0.1, 0.15) is 36.6 Å². The molecule has 1 atom stereocenters. The van der Waals surface area contributed by atoms with Crippen LogP contribution < -0.4 is 10.9 Å². The molecule has 8 heteroatoms. The molecule has 0 saturated heterocycles. The Bertz CT molecular complexity index is 1110. The SMILES string of the molecule is Cc1cc(=O)n(Cc2ccc3c(c2)NC(=O)O[C@]3(C#CC2CC2)C(C)(F)F)cn1. The van der Waals surface area contributed by atoms with Gasteiger partial charge in [-0.25, -0.2) is 18.6 Å². The van der Waals surface area contributed by atoms with Crippen molar-refractivity contribution in [3.63, 3.8) is 0 Å². The highest BCUT2D eigenvalue weighted by atomic mass is 19.3. The van der Waals surface area contributed by atoms with Gasteiger partial charge in [-0.15, -0.1) is 0 Å². The molecule has 2 heterocycles. The minimum Gasteiger partial charge on any atom is -0.418 e. The van der Waals surface area contributed by atoms with Crippen molar-refractivity contribution >= 4 is 11.8 Å². The summed E-state index contributed by atoms with van der Waals surface area (Å²) in [5.41, 5.74) is -1.05. The van der Waals surface area contributed by atoms with Gasteiger partial charge in [-0.2, -0.15) is 0 Å². The van der Waals surface area contributed by atoms with Crippen molar-refractivity contribution in [2.75, 3.05) is 5.32 Å². The van der Waals surface area contributed by atoms with Crippen LogP contribution in [0.4, 0.5) is 19.3 Å². The van der Waals surface area contributed by atoms with Gasteiger partial charge in [0.25, 0.3) is 17.1 Å². The third-order valence-electron chi connectivity index (χ3n) is 4.96. The number of cyclic esters (lactones) is 1. The zero-order chi connectivity index (χ0) is 20.8. The molecule has 29 heavy (non-hydrogen) atoms. The number of carbonyl (C=O) groups is 1. The minimum atomic E-state index is -3.42. The summed E-state index contributed by atoms with van der Waals surface area (Å²) in [5.74, 6) is 2.02. The van der Waals surface area contributed by atoms with E-state index in [1.165, 1.54) is 23.0 Å². The summed E-state index contributed by atoms with van der Waals surface area (Å²) in [7, 11) is 0. The first-order valence-corrected chi connectivity index (χ1v) is 9.25. The van der Waals surface area contributed by atoms with E-state index in [1.807, 2.05) is 0 Å². The third-order valence-corrected chi connectivity index (χ3v) is 4.96. The van der Waals surface area contributed by atoms with Crippen molar-refractivity contribution in [3.05, 3.63) is 57.8 Å². The lowest BCUT2D eigenvalue weighted by molar-refractivity contribution is -0.142. The summed E-state index contributed by atoms with van der Waals surface area (Å²) in [4.78, 5) is 28.3. The lowest BCUT2D eigenvalue weighted by Crippen LogP contribution is -2.50. The van der Waals surface area contributed by atoms with Crippen molar-refractivity contribution in [1.82, 2.24) is 9.55 Å². The van der Waals surface area contributed by atoms with Crippen molar-refractivity contribution in [3.8, 4) is 11.8 Å². The number of rotatable bonds is 3. The van der Waals surface area contributed by atoms with Crippen LogP contribution >= 0.6 is 0 Å². The Balaban J connectivity index is 1.77. The molecule has 0 unspecified atom stereocenters. The number of halogens is 2. The van der Waals surface area contributed by atoms with Crippen LogP contribution in [0.25, 0.3) is 0 Å². The van der Waals surface area contributed by atoms with Gasteiger partial charge in [-0.1, -0.05) is 18.1 Å². The zero-order valence-corrected chi connectivity index (χ0v) is 16.0. The fourth-order valence-electron chi connectivity index (χ4n) is 3.22. The molecule has 1 amide bonds. The van der Waals surface area contributed by atoms with E-state index in [0.717, 1.165) is 12.8 Å². The maximum Gasteiger partial charge on any atom is 0.413 e. The fourth-order valence-corrected chi connectivity index (χ4v) is 3.22. The van der Waals surface area contributed by atoms with Gasteiger partial charge in [0.2, 0.25) is 0 Å². The number of carbonyl (C=O) groups excluding carboxylic acids is 1. The predicted molar refractivity (Wildman–Crippen MR) is 102 cm³/mol. The largest absolute Gasteiger partial charge is 0.418 e. The van der Waals surface area contributed by atoms with E-state index in [4.69, 9.17) is 4.74 Å². The molecule has 0 radical (unpaired) electrons. The number of amides is 1. The number of fused-ring (bicyclic) bond motifs is 1. The monoisotopic (exact) mass is 399 g/mol. The number of nitrogens with zero attached hydrogens (tertiary/aromatic N) is 2. The molecule has 1 aliphatic heterocycles. The van der Waals surface area contributed by atoms with Gasteiger partial charge in [0.05, 0.1) is 18.6 Å². The Hall–Kier alpha value is -3.21. The van der Waals surface area contributed by atoms with Crippen molar-refractivity contribution in [1.29, 1.82) is 0 Å². The fraction of sp³-hybridized carbons (Fsp3) is 0.381. The number of ether oxygens (including phenoxy) is 1. The highest BCUT2D eigenvalue weighted by molar-refractivity contribution is 5.90. The van der Waals surface area contributed by atoms with Crippen LogP contribution in [-0.4, -0.2) is 21.6 Å². The summed E-state index contributed by atoms with van der Waals surface area (Å²) in [5, 5.41) is 2.47. The minimum absolute atomic E-state index is 0.0615. The number of aromatic nitrogens is 2. The molecule has 150 valence electrons. The first-order chi connectivity index (χ1) is 13.7. The highest BCUT2D eigenvalue weighted by Gasteiger charge is 2.57. The van der Waals surface area contributed by atoms with E-state index in [1.54, 1.807) is 19.1 Å². The molecule has 0 bridgehead atoms. The first kappa shape index (κ1) is 19.1. The van der Waals surface area contributed by atoms with Crippen LogP contribution in [0.5, 0.6) is 0 Å². The van der Waals surface area contributed by atoms with Crippen LogP contribution in [0.3, 0.4) is 0 Å². The highest BCUT2D eigenvalue weighted by Crippen LogP contribution is 2.46. The molecule has 1 aromatic carbocycles. The van der Waals surface area contributed by atoms with Gasteiger partial charge in [0.1, 0.15) is 0 Å². The Kier molecular flexibility index (Phi) is 4.41. The van der Waals surface area contributed by atoms with Crippen molar-refractivity contribution in [2.24, 2.45) is 5.92 Å². The van der Waals surface area contributed by atoms with Crippen LogP contribution in [0, 0.1) is 24.7 Å². The molecule has 1 fully saturated rings. The first-order valence-electron chi connectivity index (χ1n) is 9.25. The average Bonchev–Trinajstić information content (AvgIpc) is 3.45. The van der Waals surface area contributed by atoms with Crippen LogP contribution in [0.2, 0.25) is 0 Å². The summed E-state index contributed by atoms with van der Waals surface area (Å²) >= 11 is 0. The lowest BCUT2D eigenvalue weighted by Gasteiger charge is -2.38. The van der Waals surface area contributed by atoms with Gasteiger partial charge in [0, 0.05) is 30.2 Å². The zero-order valence-electron chi connectivity index (χ0n) is 16.0. The lowest BCUT2D eigenvalue weighted by atomic mass is 9.85. The molecule has 4 rings (SSSR count). The van der Waals surface area contributed by atoms with E-state index < -0.39 is 17.6 Å². The Morgan fingerprint density at radius 1 is 1.34 bits per heavy atom. The molecule has 1 aromatic heterocycles. The molecule has 2 aliphatic rings. The summed E-state index contributed by atoms with van der Waals surface area (Å²) in [6, 6.07) is 6.05. The van der Waals surface area contributed by atoms with E-state index in [9.17, 15) is 18.4 Å². The summed E-state index contributed by atoms with van der Waals surface area (Å²) in [6.07, 6.45) is 2.14. The molecule has 1 N–H and O–H groups in total. The molecule has 1 aliphatic carbocycles. The topological polar surface area (TPSA) is 73.2 Å². The van der Waals surface area contributed by atoms with Gasteiger partial charge in [0.15, 0.2) is 0 Å². The molecule has 0 spiro atoms. The Morgan fingerprint density at radius 2 is 2.10 bits per heavy atom. The Labute approximate surface area is 165 Å². The number of aryl methyl sites for hydroxylation is 1. The van der Waals surface area contributed by atoms with E-state index in [2.05, 4.69) is 22.1 Å². The standard InChI is InChI=1S/C21H19F2N3O3/c1-13-9-18(27)26(12-24-13)11-15-5-6-16-17(10-15)25-19(28)29-21(16,20(2,22)23)8-7-14-3-4-14/h5-6,9-10,12,14H,3-4,11H2,1-2H3,(H,25,28)/t21-/m0/s1.